The SMILES string of the molecule is CNC(=O)C(C(=O)OC)N(C)C(=O)c1ccc(-c2ccc(CN3CCOCC3)cc2)cc1. The van der Waals surface area contributed by atoms with Crippen LogP contribution >= 0.6 is 0 Å². The Morgan fingerprint density at radius 1 is 1.03 bits per heavy atom. The van der Waals surface area contributed by atoms with Crippen molar-refractivity contribution in [3.05, 3.63) is 59.7 Å². The molecular weight excluding hydrogens is 410 g/mol. The maximum atomic E-state index is 12.8. The summed E-state index contributed by atoms with van der Waals surface area (Å²) in [7, 11) is 3.98. The number of methoxy groups -OCH3 is 1. The van der Waals surface area contributed by atoms with Gasteiger partial charge < -0.3 is 19.7 Å². The Labute approximate surface area is 188 Å². The number of benzene rings is 2. The zero-order valence-corrected chi connectivity index (χ0v) is 18.7. The highest BCUT2D eigenvalue weighted by molar-refractivity contribution is 6.07. The van der Waals surface area contributed by atoms with Gasteiger partial charge in [-0.3, -0.25) is 14.5 Å². The van der Waals surface area contributed by atoms with Crippen LogP contribution in [0.2, 0.25) is 0 Å². The predicted molar refractivity (Wildman–Crippen MR) is 120 cm³/mol. The fourth-order valence-electron chi connectivity index (χ4n) is 3.64. The largest absolute Gasteiger partial charge is 0.467 e. The van der Waals surface area contributed by atoms with Crippen molar-refractivity contribution in [1.29, 1.82) is 0 Å². The highest BCUT2D eigenvalue weighted by atomic mass is 16.5. The van der Waals surface area contributed by atoms with E-state index in [0.717, 1.165) is 48.9 Å². The third kappa shape index (κ3) is 5.52. The first-order valence-electron chi connectivity index (χ1n) is 10.5. The molecule has 0 bridgehead atoms. The lowest BCUT2D eigenvalue weighted by Crippen LogP contribution is -2.51. The van der Waals surface area contributed by atoms with Gasteiger partial charge in [0.2, 0.25) is 6.04 Å². The number of rotatable bonds is 7. The Kier molecular flexibility index (Phi) is 7.97. The van der Waals surface area contributed by atoms with Crippen molar-refractivity contribution in [2.45, 2.75) is 12.6 Å². The Balaban J connectivity index is 1.69. The van der Waals surface area contributed by atoms with Crippen LogP contribution in [0.1, 0.15) is 15.9 Å². The summed E-state index contributed by atoms with van der Waals surface area (Å²) < 4.78 is 10.1. The summed E-state index contributed by atoms with van der Waals surface area (Å²) in [5, 5.41) is 2.39. The van der Waals surface area contributed by atoms with Gasteiger partial charge in [0, 0.05) is 39.3 Å². The molecule has 1 aliphatic heterocycles. The average molecular weight is 440 g/mol. The minimum Gasteiger partial charge on any atom is -0.467 e. The monoisotopic (exact) mass is 439 g/mol. The van der Waals surface area contributed by atoms with Crippen LogP contribution in [0.4, 0.5) is 0 Å². The number of morpholine rings is 1. The predicted octanol–water partition coefficient (Wildman–Crippen LogP) is 1.55. The molecule has 2 aromatic carbocycles. The maximum absolute atomic E-state index is 12.8. The molecule has 32 heavy (non-hydrogen) atoms. The first kappa shape index (κ1) is 23.4. The van der Waals surface area contributed by atoms with Crippen molar-refractivity contribution in [3.8, 4) is 11.1 Å². The Morgan fingerprint density at radius 2 is 1.59 bits per heavy atom. The minimum atomic E-state index is -1.35. The topological polar surface area (TPSA) is 88.2 Å². The highest BCUT2D eigenvalue weighted by Crippen LogP contribution is 2.22. The van der Waals surface area contributed by atoms with E-state index in [9.17, 15) is 14.4 Å². The van der Waals surface area contributed by atoms with E-state index in [1.54, 1.807) is 12.1 Å². The molecule has 0 spiro atoms. The number of likely N-dealkylation sites (N-methyl/N-ethyl adjacent to an activating group) is 2. The van der Waals surface area contributed by atoms with Gasteiger partial charge in [-0.25, -0.2) is 4.79 Å². The maximum Gasteiger partial charge on any atom is 0.338 e. The van der Waals surface area contributed by atoms with Crippen molar-refractivity contribution >= 4 is 17.8 Å². The second-order valence-electron chi connectivity index (χ2n) is 7.62. The van der Waals surface area contributed by atoms with E-state index in [-0.39, 0.29) is 0 Å². The fourth-order valence-corrected chi connectivity index (χ4v) is 3.64. The lowest BCUT2D eigenvalue weighted by atomic mass is 10.0. The first-order chi connectivity index (χ1) is 15.4. The Morgan fingerprint density at radius 3 is 2.12 bits per heavy atom. The summed E-state index contributed by atoms with van der Waals surface area (Å²) in [6, 6.07) is 14.1. The number of esters is 1. The minimum absolute atomic E-state index is 0.373. The van der Waals surface area contributed by atoms with Crippen molar-refractivity contribution < 1.29 is 23.9 Å². The van der Waals surface area contributed by atoms with E-state index >= 15 is 0 Å². The Bertz CT molecular complexity index is 921. The molecule has 1 heterocycles. The third-order valence-corrected chi connectivity index (χ3v) is 5.56. The molecule has 170 valence electrons. The van der Waals surface area contributed by atoms with Gasteiger partial charge in [0.25, 0.3) is 11.8 Å². The van der Waals surface area contributed by atoms with Crippen molar-refractivity contribution in [1.82, 2.24) is 15.1 Å². The van der Waals surface area contributed by atoms with E-state index in [2.05, 4.69) is 39.2 Å². The van der Waals surface area contributed by atoms with Gasteiger partial charge >= 0.3 is 5.97 Å². The number of nitrogens with zero attached hydrogens (tertiary/aromatic N) is 2. The molecule has 1 atom stereocenters. The van der Waals surface area contributed by atoms with Crippen LogP contribution in [0, 0.1) is 0 Å². The number of amides is 2. The van der Waals surface area contributed by atoms with Gasteiger partial charge in [0.05, 0.1) is 20.3 Å². The number of hydrogen-bond donors (Lipinski definition) is 1. The standard InChI is InChI=1S/C24H29N3O5/c1-25-22(28)21(24(30)31-3)26(2)23(29)20-10-8-19(9-11-20)18-6-4-17(5-7-18)16-27-12-14-32-15-13-27/h4-11,21H,12-16H2,1-3H3,(H,25,28). The molecule has 1 fully saturated rings. The summed E-state index contributed by atoms with van der Waals surface area (Å²) in [4.78, 5) is 40.4. The molecule has 1 aliphatic rings. The van der Waals surface area contributed by atoms with E-state index in [4.69, 9.17) is 4.74 Å². The molecule has 8 heteroatoms. The molecule has 0 aromatic heterocycles. The van der Waals surface area contributed by atoms with E-state index in [1.165, 1.54) is 26.8 Å². The van der Waals surface area contributed by atoms with E-state index < -0.39 is 23.8 Å². The fraction of sp³-hybridized carbons (Fsp3) is 0.375. The van der Waals surface area contributed by atoms with Crippen LogP contribution in [0.3, 0.4) is 0 Å². The lowest BCUT2D eigenvalue weighted by Gasteiger charge is -2.26. The Hall–Kier alpha value is -3.23. The molecule has 1 saturated heterocycles. The lowest BCUT2D eigenvalue weighted by molar-refractivity contribution is -0.150. The third-order valence-electron chi connectivity index (χ3n) is 5.56. The number of carbonyl (C=O) groups is 3. The molecule has 0 radical (unpaired) electrons. The molecule has 1 unspecified atom stereocenters. The number of nitrogens with one attached hydrogen (secondary N) is 1. The number of hydrogen-bond acceptors (Lipinski definition) is 6. The van der Waals surface area contributed by atoms with Gasteiger partial charge in [0.1, 0.15) is 0 Å². The van der Waals surface area contributed by atoms with Crippen molar-refractivity contribution in [3.63, 3.8) is 0 Å². The zero-order chi connectivity index (χ0) is 23.1. The second-order valence-corrected chi connectivity index (χ2v) is 7.62. The van der Waals surface area contributed by atoms with Crippen LogP contribution in [-0.4, -0.2) is 81.1 Å². The van der Waals surface area contributed by atoms with Crippen molar-refractivity contribution in [2.24, 2.45) is 0 Å². The molecule has 0 saturated carbocycles. The van der Waals surface area contributed by atoms with Crippen LogP contribution in [0.25, 0.3) is 11.1 Å². The van der Waals surface area contributed by atoms with Gasteiger partial charge in [0.15, 0.2) is 0 Å². The molecule has 0 aliphatic carbocycles. The van der Waals surface area contributed by atoms with Gasteiger partial charge in [-0.05, 0) is 28.8 Å². The van der Waals surface area contributed by atoms with Crippen LogP contribution in [-0.2, 0) is 25.6 Å². The van der Waals surface area contributed by atoms with Crippen LogP contribution < -0.4 is 5.32 Å². The summed E-state index contributed by atoms with van der Waals surface area (Å²) in [6.45, 7) is 4.35. The normalized spacial score (nSPS) is 15.0. The summed E-state index contributed by atoms with van der Waals surface area (Å²) in [5.74, 6) is -1.85. The number of carbonyl (C=O) groups excluding carboxylic acids is 3. The molecule has 2 aromatic rings. The first-order valence-corrected chi connectivity index (χ1v) is 10.5. The summed E-state index contributed by atoms with van der Waals surface area (Å²) >= 11 is 0. The second kappa shape index (κ2) is 10.9. The molecule has 8 nitrogen and oxygen atoms in total. The molecular formula is C24H29N3O5. The summed E-state index contributed by atoms with van der Waals surface area (Å²) in [5.41, 5.74) is 3.63. The highest BCUT2D eigenvalue weighted by Gasteiger charge is 2.34. The summed E-state index contributed by atoms with van der Waals surface area (Å²) in [6.07, 6.45) is 0. The van der Waals surface area contributed by atoms with Gasteiger partial charge in [-0.15, -0.1) is 0 Å². The quantitative estimate of drug-likeness (QED) is 0.520. The number of ether oxygens (including phenoxy) is 2. The van der Waals surface area contributed by atoms with Crippen LogP contribution in [0.5, 0.6) is 0 Å². The van der Waals surface area contributed by atoms with Gasteiger partial charge in [-0.1, -0.05) is 36.4 Å². The average Bonchev–Trinajstić information content (AvgIpc) is 2.84. The molecule has 2 amide bonds. The smallest absolute Gasteiger partial charge is 0.338 e. The zero-order valence-electron chi connectivity index (χ0n) is 18.7. The van der Waals surface area contributed by atoms with Gasteiger partial charge in [-0.2, -0.15) is 0 Å². The molecule has 1 N–H and O–H groups in total. The van der Waals surface area contributed by atoms with Crippen molar-refractivity contribution in [2.75, 3.05) is 47.5 Å². The van der Waals surface area contributed by atoms with Crippen LogP contribution in [0.15, 0.2) is 48.5 Å². The van der Waals surface area contributed by atoms with E-state index in [1.807, 2.05) is 12.1 Å². The van der Waals surface area contributed by atoms with E-state index in [0.29, 0.717) is 5.56 Å². The molecule has 3 rings (SSSR count).